The minimum Gasteiger partial charge on any atom is -0.468 e. The Morgan fingerprint density at radius 1 is 1.21 bits per heavy atom. The van der Waals surface area contributed by atoms with Crippen LogP contribution < -0.4 is 0 Å². The third-order valence-corrected chi connectivity index (χ3v) is 6.45. The minimum absolute atomic E-state index is 0.0775. The van der Waals surface area contributed by atoms with E-state index in [4.69, 9.17) is 42.1 Å². The second kappa shape index (κ2) is 6.01. The fourth-order valence-electron chi connectivity index (χ4n) is 3.85. The summed E-state index contributed by atoms with van der Waals surface area (Å²) in [7, 11) is 3.79. The summed E-state index contributed by atoms with van der Waals surface area (Å²) in [6.45, 7) is 5.90. The second-order valence-electron chi connectivity index (χ2n) is 7.43. The van der Waals surface area contributed by atoms with Crippen LogP contribution in [0.3, 0.4) is 0 Å². The van der Waals surface area contributed by atoms with Crippen molar-refractivity contribution in [3.63, 3.8) is 0 Å². The van der Waals surface area contributed by atoms with Gasteiger partial charge in [-0.25, -0.2) is 9.59 Å². The van der Waals surface area contributed by atoms with Crippen LogP contribution in [-0.4, -0.2) is 54.9 Å². The number of esters is 2. The Hall–Kier alpha value is -0.560. The lowest BCUT2D eigenvalue weighted by atomic mass is 9.77. The summed E-state index contributed by atoms with van der Waals surface area (Å²) in [5.41, 5.74) is -0.278. The number of cyclic esters (lactones) is 1. The molecule has 0 unspecified atom stereocenters. The summed E-state index contributed by atoms with van der Waals surface area (Å²) in [6.07, 6.45) is 0.164. The van der Waals surface area contributed by atoms with Gasteiger partial charge in [0.05, 0.1) is 7.11 Å². The third-order valence-electron chi connectivity index (χ3n) is 5.19. The molecule has 0 radical (unpaired) electrons. The maximum Gasteiger partial charge on any atom is 0.333 e. The fraction of sp³-hybridized carbons (Fsp3) is 0.875. The van der Waals surface area contributed by atoms with E-state index in [0.29, 0.717) is 6.42 Å². The van der Waals surface area contributed by atoms with Crippen LogP contribution in [0.2, 0.25) is 0 Å². The van der Waals surface area contributed by atoms with E-state index in [9.17, 15) is 9.59 Å². The van der Waals surface area contributed by atoms with E-state index in [2.05, 4.69) is 0 Å². The highest BCUT2D eigenvalue weighted by Gasteiger charge is 2.81. The quantitative estimate of drug-likeness (QED) is 0.424. The Balaban J connectivity index is 2.59. The van der Waals surface area contributed by atoms with Gasteiger partial charge >= 0.3 is 11.9 Å². The Morgan fingerprint density at radius 3 is 2.17 bits per heavy atom. The monoisotopic (exact) mass is 382 g/mol. The molecule has 0 amide bonds. The summed E-state index contributed by atoms with van der Waals surface area (Å²) in [4.78, 5) is 21.8. The van der Waals surface area contributed by atoms with Crippen molar-refractivity contribution in [2.45, 2.75) is 55.3 Å². The van der Waals surface area contributed by atoms with E-state index in [-0.39, 0.29) is 17.9 Å². The topological polar surface area (TPSA) is 71.1 Å². The van der Waals surface area contributed by atoms with Crippen LogP contribution in [0, 0.1) is 11.3 Å². The predicted octanol–water partition coefficient (Wildman–Crippen LogP) is 2.49. The van der Waals surface area contributed by atoms with Crippen molar-refractivity contribution in [3.8, 4) is 0 Å². The average molecular weight is 383 g/mol. The normalized spacial score (nSPS) is 38.4. The van der Waals surface area contributed by atoms with Crippen molar-refractivity contribution < 1.29 is 28.5 Å². The van der Waals surface area contributed by atoms with Crippen LogP contribution >= 0.6 is 23.2 Å². The predicted molar refractivity (Wildman–Crippen MR) is 88.0 cm³/mol. The first-order valence-corrected chi connectivity index (χ1v) is 8.47. The first-order valence-electron chi connectivity index (χ1n) is 7.72. The van der Waals surface area contributed by atoms with Crippen molar-refractivity contribution in [3.05, 3.63) is 0 Å². The van der Waals surface area contributed by atoms with Gasteiger partial charge in [0.15, 0.2) is 4.87 Å². The number of fused-ring (bicyclic) bond motifs is 1. The summed E-state index contributed by atoms with van der Waals surface area (Å²) in [5.74, 6) is -3.83. The Morgan fingerprint density at radius 2 is 1.75 bits per heavy atom. The minimum atomic E-state index is -1.90. The molecule has 0 bridgehead atoms. The first-order chi connectivity index (χ1) is 10.9. The number of hydrogen-bond donors (Lipinski definition) is 0. The zero-order valence-electron chi connectivity index (χ0n) is 14.8. The summed E-state index contributed by atoms with van der Waals surface area (Å²) in [5, 5.41) is 0. The smallest absolute Gasteiger partial charge is 0.333 e. The van der Waals surface area contributed by atoms with Crippen LogP contribution in [-0.2, 0) is 28.5 Å². The number of hydrogen-bond acceptors (Lipinski definition) is 6. The number of ether oxygens (including phenoxy) is 4. The molecule has 0 spiro atoms. The van der Waals surface area contributed by atoms with Gasteiger partial charge in [-0.3, -0.25) is 0 Å². The first kappa shape index (κ1) is 19.8. The van der Waals surface area contributed by atoms with Gasteiger partial charge in [-0.2, -0.15) is 0 Å². The standard InChI is InChI=1S/C16H24Cl2O6/c1-13(2,3)10-7-9-8-14(17,11(19)21-4)16(22-5,23-6)15(9,18)12(20)24-10/h9-10H,7-8H2,1-6H3/t9-,10+,14+,15-/m0/s1. The van der Waals surface area contributed by atoms with Crippen molar-refractivity contribution in [2.75, 3.05) is 21.3 Å². The van der Waals surface area contributed by atoms with Crippen LogP contribution in [0.1, 0.15) is 33.6 Å². The van der Waals surface area contributed by atoms with E-state index in [0.717, 1.165) is 0 Å². The zero-order valence-corrected chi connectivity index (χ0v) is 16.3. The zero-order chi connectivity index (χ0) is 18.6. The van der Waals surface area contributed by atoms with Gasteiger partial charge in [0, 0.05) is 20.1 Å². The molecule has 2 rings (SSSR count). The highest BCUT2D eigenvalue weighted by Crippen LogP contribution is 2.63. The van der Waals surface area contributed by atoms with E-state index in [1.54, 1.807) is 0 Å². The van der Waals surface area contributed by atoms with Gasteiger partial charge in [0.25, 0.3) is 0 Å². The molecular formula is C16H24Cl2O6. The molecule has 0 N–H and O–H groups in total. The van der Waals surface area contributed by atoms with Gasteiger partial charge in [0.2, 0.25) is 10.7 Å². The molecule has 0 aromatic carbocycles. The van der Waals surface area contributed by atoms with E-state index < -0.39 is 33.4 Å². The molecule has 1 saturated carbocycles. The molecule has 24 heavy (non-hydrogen) atoms. The number of alkyl halides is 2. The number of rotatable bonds is 3. The Labute approximate surface area is 152 Å². The molecule has 4 atom stereocenters. The van der Waals surface area contributed by atoms with Crippen LogP contribution in [0.5, 0.6) is 0 Å². The molecule has 0 aromatic heterocycles. The highest BCUT2D eigenvalue weighted by molar-refractivity contribution is 6.41. The maximum absolute atomic E-state index is 12.9. The third kappa shape index (κ3) is 2.30. The van der Waals surface area contributed by atoms with Crippen LogP contribution in [0.15, 0.2) is 0 Å². The van der Waals surface area contributed by atoms with Crippen molar-refractivity contribution in [1.82, 2.24) is 0 Å². The largest absolute Gasteiger partial charge is 0.468 e. The van der Waals surface area contributed by atoms with Crippen molar-refractivity contribution in [1.29, 1.82) is 0 Å². The molecule has 1 heterocycles. The Kier molecular flexibility index (Phi) is 4.95. The van der Waals surface area contributed by atoms with Crippen molar-refractivity contribution in [2.24, 2.45) is 11.3 Å². The van der Waals surface area contributed by atoms with E-state index >= 15 is 0 Å². The van der Waals surface area contributed by atoms with Gasteiger partial charge in [-0.1, -0.05) is 20.8 Å². The lowest BCUT2D eigenvalue weighted by Gasteiger charge is -2.48. The number of carbonyl (C=O) groups excluding carboxylic acids is 2. The van der Waals surface area contributed by atoms with Gasteiger partial charge in [0.1, 0.15) is 6.10 Å². The molecule has 2 aliphatic rings. The summed E-state index contributed by atoms with van der Waals surface area (Å²) < 4.78 is 21.4. The Bertz CT molecular complexity index is 541. The summed E-state index contributed by atoms with van der Waals surface area (Å²) >= 11 is 13.3. The molecule has 8 heteroatoms. The van der Waals surface area contributed by atoms with E-state index in [1.165, 1.54) is 21.3 Å². The number of methoxy groups -OCH3 is 3. The fourth-order valence-corrected chi connectivity index (χ4v) is 5.00. The van der Waals surface area contributed by atoms with Gasteiger partial charge < -0.3 is 18.9 Å². The molecule has 2 fully saturated rings. The lowest BCUT2D eigenvalue weighted by molar-refractivity contribution is -0.250. The molecule has 1 saturated heterocycles. The van der Waals surface area contributed by atoms with Gasteiger partial charge in [-0.05, 0) is 18.3 Å². The maximum atomic E-state index is 12.9. The molecule has 1 aliphatic carbocycles. The van der Waals surface area contributed by atoms with Crippen LogP contribution in [0.4, 0.5) is 0 Å². The summed E-state index contributed by atoms with van der Waals surface area (Å²) in [6, 6.07) is 0. The van der Waals surface area contributed by atoms with Crippen LogP contribution in [0.25, 0.3) is 0 Å². The molecule has 6 nitrogen and oxygen atoms in total. The average Bonchev–Trinajstić information content (AvgIpc) is 2.71. The highest BCUT2D eigenvalue weighted by atomic mass is 35.5. The molecule has 138 valence electrons. The second-order valence-corrected chi connectivity index (χ2v) is 8.67. The molecule has 0 aromatic rings. The molecule has 1 aliphatic heterocycles. The van der Waals surface area contributed by atoms with E-state index in [1.807, 2.05) is 20.8 Å². The lowest BCUT2D eigenvalue weighted by Crippen LogP contribution is -2.68. The number of halogens is 2. The molecular weight excluding hydrogens is 359 g/mol. The SMILES string of the molecule is COC(=O)[C@]1(Cl)C[C@@H]2C[C@H](C(C)(C)C)OC(=O)[C@]2(Cl)C1(OC)OC. The van der Waals surface area contributed by atoms with Gasteiger partial charge in [-0.15, -0.1) is 23.2 Å². The number of carbonyl (C=O) groups is 2. The van der Waals surface area contributed by atoms with Crippen molar-refractivity contribution >= 4 is 35.1 Å².